The zero-order valence-corrected chi connectivity index (χ0v) is 11.7. The number of imidazole rings is 1. The molecule has 2 aliphatic rings. The summed E-state index contributed by atoms with van der Waals surface area (Å²) in [6.07, 6.45) is 12.0. The fourth-order valence-corrected chi connectivity index (χ4v) is 3.63. The van der Waals surface area contributed by atoms with Gasteiger partial charge in [-0.15, -0.1) is 0 Å². The minimum absolute atomic E-state index is 0.506. The van der Waals surface area contributed by atoms with E-state index in [0.717, 1.165) is 6.54 Å². The minimum Gasteiger partial charge on any atom is -0.330 e. The highest BCUT2D eigenvalue weighted by atomic mass is 15.1. The Labute approximate surface area is 110 Å². The Morgan fingerprint density at radius 3 is 2.89 bits per heavy atom. The Balaban J connectivity index is 1.79. The molecule has 0 aromatic carbocycles. The molecule has 1 saturated heterocycles. The Kier molecular flexibility index (Phi) is 3.18. The molecule has 18 heavy (non-hydrogen) atoms. The quantitative estimate of drug-likeness (QED) is 0.867. The van der Waals surface area contributed by atoms with Gasteiger partial charge in [0.2, 0.25) is 0 Å². The number of aromatic nitrogens is 2. The third-order valence-corrected chi connectivity index (χ3v) is 4.70. The topological polar surface area (TPSA) is 29.9 Å². The average molecular weight is 247 g/mol. The maximum Gasteiger partial charge on any atom is 0.0951 e. The first kappa shape index (κ1) is 12.2. The predicted molar refractivity (Wildman–Crippen MR) is 73.5 cm³/mol. The van der Waals surface area contributed by atoms with Crippen LogP contribution in [0.1, 0.15) is 70.2 Å². The van der Waals surface area contributed by atoms with Crippen molar-refractivity contribution >= 4 is 0 Å². The smallest absolute Gasteiger partial charge is 0.0951 e. The maximum atomic E-state index is 4.41. The van der Waals surface area contributed by atoms with E-state index in [1.54, 1.807) is 0 Å². The van der Waals surface area contributed by atoms with E-state index in [1.165, 1.54) is 44.2 Å². The van der Waals surface area contributed by atoms with Crippen molar-refractivity contribution in [2.75, 3.05) is 6.54 Å². The number of nitrogens with one attached hydrogen (secondary N) is 1. The molecule has 1 aliphatic heterocycles. The van der Waals surface area contributed by atoms with Crippen molar-refractivity contribution in [3.8, 4) is 0 Å². The molecule has 1 aromatic rings. The van der Waals surface area contributed by atoms with Crippen molar-refractivity contribution in [3.63, 3.8) is 0 Å². The maximum absolute atomic E-state index is 4.41. The lowest BCUT2D eigenvalue weighted by Gasteiger charge is -2.27. The van der Waals surface area contributed by atoms with Crippen LogP contribution in [0.25, 0.3) is 0 Å². The molecule has 3 heteroatoms. The van der Waals surface area contributed by atoms with Gasteiger partial charge in [-0.1, -0.05) is 20.3 Å². The summed E-state index contributed by atoms with van der Waals surface area (Å²) < 4.78 is 2.46. The molecule has 2 fully saturated rings. The molecule has 0 radical (unpaired) electrons. The Morgan fingerprint density at radius 1 is 1.33 bits per heavy atom. The number of hydrogen-bond acceptors (Lipinski definition) is 2. The van der Waals surface area contributed by atoms with E-state index in [4.69, 9.17) is 0 Å². The van der Waals surface area contributed by atoms with Crippen LogP contribution in [0.5, 0.6) is 0 Å². The van der Waals surface area contributed by atoms with Gasteiger partial charge in [0.15, 0.2) is 0 Å². The molecule has 100 valence electrons. The summed E-state index contributed by atoms with van der Waals surface area (Å²) in [5.74, 6) is 0. The Hall–Kier alpha value is -0.830. The third-order valence-electron chi connectivity index (χ3n) is 4.70. The van der Waals surface area contributed by atoms with Gasteiger partial charge in [-0.05, 0) is 44.1 Å². The van der Waals surface area contributed by atoms with Gasteiger partial charge in [0, 0.05) is 18.3 Å². The molecular formula is C15H25N3. The lowest BCUT2D eigenvalue weighted by Crippen LogP contribution is -2.29. The second-order valence-corrected chi connectivity index (χ2v) is 6.79. The summed E-state index contributed by atoms with van der Waals surface area (Å²) in [7, 11) is 0. The van der Waals surface area contributed by atoms with Gasteiger partial charge in [-0.25, -0.2) is 4.98 Å². The predicted octanol–water partition coefficient (Wildman–Crippen LogP) is 3.45. The highest BCUT2D eigenvalue weighted by molar-refractivity contribution is 5.09. The molecule has 1 saturated carbocycles. The van der Waals surface area contributed by atoms with Crippen LogP contribution in [0.2, 0.25) is 0 Å². The molecule has 0 spiro atoms. The number of rotatable bonds is 2. The van der Waals surface area contributed by atoms with E-state index in [1.807, 2.05) is 0 Å². The van der Waals surface area contributed by atoms with Gasteiger partial charge >= 0.3 is 0 Å². The van der Waals surface area contributed by atoms with E-state index < -0.39 is 0 Å². The first-order valence-corrected chi connectivity index (χ1v) is 7.41. The molecule has 0 bridgehead atoms. The highest BCUT2D eigenvalue weighted by Crippen LogP contribution is 2.44. The standard InChI is InChI=1S/C15H25N3/c1-15(2)7-6-12(9-15)18-11-16-10-14(18)13-5-3-4-8-17-13/h10-13,17H,3-9H2,1-2H3. The van der Waals surface area contributed by atoms with Crippen LogP contribution >= 0.6 is 0 Å². The normalized spacial score (nSPS) is 31.7. The van der Waals surface area contributed by atoms with Crippen LogP contribution in [-0.2, 0) is 0 Å². The number of nitrogens with zero attached hydrogens (tertiary/aromatic N) is 2. The van der Waals surface area contributed by atoms with Crippen molar-refractivity contribution in [1.82, 2.24) is 14.9 Å². The molecule has 2 unspecified atom stereocenters. The highest BCUT2D eigenvalue weighted by Gasteiger charge is 2.33. The second-order valence-electron chi connectivity index (χ2n) is 6.79. The molecule has 0 amide bonds. The molecule has 3 nitrogen and oxygen atoms in total. The van der Waals surface area contributed by atoms with Crippen molar-refractivity contribution < 1.29 is 0 Å². The van der Waals surface area contributed by atoms with Crippen LogP contribution in [0, 0.1) is 5.41 Å². The molecule has 3 rings (SSSR count). The van der Waals surface area contributed by atoms with Gasteiger partial charge in [0.05, 0.1) is 12.0 Å². The lowest BCUT2D eigenvalue weighted by atomic mass is 9.91. The van der Waals surface area contributed by atoms with Crippen LogP contribution in [0.3, 0.4) is 0 Å². The van der Waals surface area contributed by atoms with Gasteiger partial charge in [0.25, 0.3) is 0 Å². The van der Waals surface area contributed by atoms with E-state index >= 15 is 0 Å². The van der Waals surface area contributed by atoms with Crippen molar-refractivity contribution in [1.29, 1.82) is 0 Å². The molecule has 1 N–H and O–H groups in total. The minimum atomic E-state index is 0.506. The zero-order valence-electron chi connectivity index (χ0n) is 11.7. The van der Waals surface area contributed by atoms with Crippen LogP contribution in [0.15, 0.2) is 12.5 Å². The Morgan fingerprint density at radius 2 is 2.22 bits per heavy atom. The fraction of sp³-hybridized carbons (Fsp3) is 0.800. The monoisotopic (exact) mass is 247 g/mol. The van der Waals surface area contributed by atoms with Gasteiger partial charge in [0.1, 0.15) is 0 Å². The van der Waals surface area contributed by atoms with E-state index in [9.17, 15) is 0 Å². The van der Waals surface area contributed by atoms with Crippen LogP contribution in [-0.4, -0.2) is 16.1 Å². The molecule has 2 atom stereocenters. The largest absolute Gasteiger partial charge is 0.330 e. The summed E-state index contributed by atoms with van der Waals surface area (Å²) in [6.45, 7) is 5.94. The summed E-state index contributed by atoms with van der Waals surface area (Å²) in [4.78, 5) is 4.41. The molecule has 1 aromatic heterocycles. The first-order chi connectivity index (χ1) is 8.66. The number of hydrogen-bond donors (Lipinski definition) is 1. The van der Waals surface area contributed by atoms with Gasteiger partial charge < -0.3 is 9.88 Å². The zero-order chi connectivity index (χ0) is 12.6. The van der Waals surface area contributed by atoms with Crippen LogP contribution < -0.4 is 5.32 Å². The van der Waals surface area contributed by atoms with Crippen molar-refractivity contribution in [2.24, 2.45) is 5.41 Å². The summed E-state index contributed by atoms with van der Waals surface area (Å²) in [6, 6.07) is 1.20. The molecular weight excluding hydrogens is 222 g/mol. The SMILES string of the molecule is CC1(C)CCC(n2cncc2C2CCCCN2)C1. The van der Waals surface area contributed by atoms with E-state index in [2.05, 4.69) is 41.2 Å². The Bertz CT molecular complexity index is 402. The molecule has 1 aliphatic carbocycles. The summed E-state index contributed by atoms with van der Waals surface area (Å²) >= 11 is 0. The lowest BCUT2D eigenvalue weighted by molar-refractivity contribution is 0.343. The van der Waals surface area contributed by atoms with Crippen molar-refractivity contribution in [2.45, 2.75) is 64.5 Å². The molecule has 2 heterocycles. The van der Waals surface area contributed by atoms with Crippen LogP contribution in [0.4, 0.5) is 0 Å². The average Bonchev–Trinajstić information content (AvgIpc) is 2.96. The van der Waals surface area contributed by atoms with E-state index in [0.29, 0.717) is 17.5 Å². The summed E-state index contributed by atoms with van der Waals surface area (Å²) in [5, 5.41) is 3.65. The van der Waals surface area contributed by atoms with Gasteiger partial charge in [-0.3, -0.25) is 0 Å². The summed E-state index contributed by atoms with van der Waals surface area (Å²) in [5.41, 5.74) is 1.92. The fourth-order valence-electron chi connectivity index (χ4n) is 3.63. The van der Waals surface area contributed by atoms with Crippen molar-refractivity contribution in [3.05, 3.63) is 18.2 Å². The number of piperidine rings is 1. The second kappa shape index (κ2) is 4.69. The van der Waals surface area contributed by atoms with Gasteiger partial charge in [-0.2, -0.15) is 0 Å². The van der Waals surface area contributed by atoms with E-state index in [-0.39, 0.29) is 0 Å². The first-order valence-electron chi connectivity index (χ1n) is 7.41. The third kappa shape index (κ3) is 2.33.